The molecule has 4 heteroatoms. The number of halogens is 1. The van der Waals surface area contributed by atoms with Crippen LogP contribution in [-0.4, -0.2) is 18.2 Å². The highest BCUT2D eigenvalue weighted by Gasteiger charge is 2.11. The zero-order valence-electron chi connectivity index (χ0n) is 5.72. The summed E-state index contributed by atoms with van der Waals surface area (Å²) in [5.41, 5.74) is 0. The molecule has 0 radical (unpaired) electrons. The molecule has 10 heavy (non-hydrogen) atoms. The summed E-state index contributed by atoms with van der Waals surface area (Å²) < 4.78 is 0.946. The SMILES string of the molecule is C=C(I)CC(S)C(=O)NC. The van der Waals surface area contributed by atoms with Crippen LogP contribution in [0.2, 0.25) is 0 Å². The van der Waals surface area contributed by atoms with E-state index in [1.807, 2.05) is 0 Å². The van der Waals surface area contributed by atoms with Gasteiger partial charge in [-0.15, -0.1) is 0 Å². The van der Waals surface area contributed by atoms with Gasteiger partial charge in [0.2, 0.25) is 5.91 Å². The van der Waals surface area contributed by atoms with Gasteiger partial charge in [0.15, 0.2) is 0 Å². The van der Waals surface area contributed by atoms with Crippen molar-refractivity contribution in [2.45, 2.75) is 11.7 Å². The molecule has 0 aromatic rings. The van der Waals surface area contributed by atoms with Crippen LogP contribution in [-0.2, 0) is 4.79 Å². The molecule has 0 fully saturated rings. The molecule has 2 nitrogen and oxygen atoms in total. The van der Waals surface area contributed by atoms with Gasteiger partial charge < -0.3 is 5.32 Å². The monoisotopic (exact) mass is 271 g/mol. The molecule has 0 aromatic carbocycles. The molecule has 0 aliphatic rings. The number of thiol groups is 1. The minimum Gasteiger partial charge on any atom is -0.358 e. The molecule has 0 aliphatic carbocycles. The predicted molar refractivity (Wildman–Crippen MR) is 54.6 cm³/mol. The second-order valence-corrected chi connectivity index (χ2v) is 4.00. The Bertz CT molecular complexity index is 149. The molecule has 1 atom stereocenters. The Morgan fingerprint density at radius 2 is 2.40 bits per heavy atom. The van der Waals surface area contributed by atoms with Gasteiger partial charge in [-0.3, -0.25) is 4.79 Å². The van der Waals surface area contributed by atoms with Crippen LogP contribution in [0.1, 0.15) is 6.42 Å². The third-order valence-corrected chi connectivity index (χ3v) is 1.82. The van der Waals surface area contributed by atoms with Crippen molar-refractivity contribution in [3.8, 4) is 0 Å². The van der Waals surface area contributed by atoms with Gasteiger partial charge in [0.05, 0.1) is 5.25 Å². The van der Waals surface area contributed by atoms with Crippen LogP contribution >= 0.6 is 35.2 Å². The van der Waals surface area contributed by atoms with Crippen molar-refractivity contribution < 1.29 is 4.79 Å². The highest BCUT2D eigenvalue weighted by Crippen LogP contribution is 2.14. The highest BCUT2D eigenvalue weighted by molar-refractivity contribution is 14.1. The van der Waals surface area contributed by atoms with Crippen LogP contribution in [0, 0.1) is 0 Å². The summed E-state index contributed by atoms with van der Waals surface area (Å²) >= 11 is 6.15. The fourth-order valence-electron chi connectivity index (χ4n) is 0.469. The van der Waals surface area contributed by atoms with Gasteiger partial charge in [-0.05, 0) is 32.6 Å². The average molecular weight is 271 g/mol. The number of hydrogen-bond donors (Lipinski definition) is 2. The van der Waals surface area contributed by atoms with Crippen LogP contribution in [0.5, 0.6) is 0 Å². The van der Waals surface area contributed by atoms with Gasteiger partial charge in [-0.1, -0.05) is 6.58 Å². The van der Waals surface area contributed by atoms with Crippen molar-refractivity contribution >= 4 is 41.1 Å². The Labute approximate surface area is 80.0 Å². The third-order valence-electron chi connectivity index (χ3n) is 0.964. The molecule has 0 saturated carbocycles. The molecular weight excluding hydrogens is 261 g/mol. The van der Waals surface area contributed by atoms with Crippen molar-refractivity contribution in [3.63, 3.8) is 0 Å². The lowest BCUT2D eigenvalue weighted by Crippen LogP contribution is -2.27. The van der Waals surface area contributed by atoms with E-state index in [0.29, 0.717) is 6.42 Å². The van der Waals surface area contributed by atoms with E-state index in [0.717, 1.165) is 3.58 Å². The van der Waals surface area contributed by atoms with Crippen LogP contribution in [0.25, 0.3) is 0 Å². The van der Waals surface area contributed by atoms with Crippen LogP contribution < -0.4 is 5.32 Å². The van der Waals surface area contributed by atoms with E-state index in [1.165, 1.54) is 0 Å². The molecule has 0 bridgehead atoms. The quantitative estimate of drug-likeness (QED) is 0.589. The van der Waals surface area contributed by atoms with Crippen LogP contribution in [0.4, 0.5) is 0 Å². The molecule has 0 saturated heterocycles. The van der Waals surface area contributed by atoms with Gasteiger partial charge in [-0.25, -0.2) is 0 Å². The molecule has 0 rings (SSSR count). The Balaban J connectivity index is 3.72. The van der Waals surface area contributed by atoms with Crippen molar-refractivity contribution in [1.29, 1.82) is 0 Å². The molecule has 0 aliphatic heterocycles. The first-order valence-corrected chi connectivity index (χ1v) is 4.40. The second-order valence-electron chi connectivity index (χ2n) is 1.85. The summed E-state index contributed by atoms with van der Waals surface area (Å²) in [6, 6.07) is 0. The minimum atomic E-state index is -0.255. The van der Waals surface area contributed by atoms with Crippen LogP contribution in [0.3, 0.4) is 0 Å². The maximum absolute atomic E-state index is 10.8. The first-order valence-electron chi connectivity index (χ1n) is 2.81. The standard InChI is InChI=1S/C6H10INOS/c1-4(7)3-5(10)6(9)8-2/h5,10H,1,3H2,2H3,(H,8,9). The summed E-state index contributed by atoms with van der Waals surface area (Å²) in [5.74, 6) is -0.0545. The summed E-state index contributed by atoms with van der Waals surface area (Å²) in [7, 11) is 1.60. The minimum absolute atomic E-state index is 0.0545. The highest BCUT2D eigenvalue weighted by atomic mass is 127. The largest absolute Gasteiger partial charge is 0.358 e. The smallest absolute Gasteiger partial charge is 0.232 e. The number of carbonyl (C=O) groups is 1. The summed E-state index contributed by atoms with van der Waals surface area (Å²) in [6.07, 6.45) is 0.628. The van der Waals surface area contributed by atoms with Crippen molar-refractivity contribution in [1.82, 2.24) is 5.32 Å². The molecule has 1 N–H and O–H groups in total. The second kappa shape index (κ2) is 5.01. The zero-order chi connectivity index (χ0) is 8.15. The van der Waals surface area contributed by atoms with Gasteiger partial charge in [0.25, 0.3) is 0 Å². The molecule has 1 amide bonds. The van der Waals surface area contributed by atoms with E-state index in [2.05, 4.69) is 47.1 Å². The molecule has 0 aromatic heterocycles. The van der Waals surface area contributed by atoms with Crippen molar-refractivity contribution in [2.75, 3.05) is 7.05 Å². The van der Waals surface area contributed by atoms with Gasteiger partial charge in [0, 0.05) is 7.05 Å². The van der Waals surface area contributed by atoms with E-state index >= 15 is 0 Å². The fraction of sp³-hybridized carbons (Fsp3) is 0.500. The van der Waals surface area contributed by atoms with Gasteiger partial charge >= 0.3 is 0 Å². The molecule has 1 unspecified atom stereocenters. The van der Waals surface area contributed by atoms with E-state index in [-0.39, 0.29) is 11.2 Å². The maximum atomic E-state index is 10.8. The Hall–Kier alpha value is 0.290. The van der Waals surface area contributed by atoms with Gasteiger partial charge in [-0.2, -0.15) is 12.6 Å². The number of nitrogens with one attached hydrogen (secondary N) is 1. The first kappa shape index (κ1) is 10.3. The number of rotatable bonds is 3. The third kappa shape index (κ3) is 4.16. The summed E-state index contributed by atoms with van der Waals surface area (Å²) in [4.78, 5) is 10.8. The lowest BCUT2D eigenvalue weighted by molar-refractivity contribution is -0.120. The van der Waals surface area contributed by atoms with Gasteiger partial charge in [0.1, 0.15) is 0 Å². The fourth-order valence-corrected chi connectivity index (χ4v) is 1.61. The summed E-state index contributed by atoms with van der Waals surface area (Å²) in [6.45, 7) is 3.67. The van der Waals surface area contributed by atoms with Crippen molar-refractivity contribution in [3.05, 3.63) is 10.2 Å². The Kier molecular flexibility index (Phi) is 5.15. The Morgan fingerprint density at radius 3 is 2.70 bits per heavy atom. The lowest BCUT2D eigenvalue weighted by atomic mass is 10.3. The van der Waals surface area contributed by atoms with E-state index < -0.39 is 0 Å². The number of allylic oxidation sites excluding steroid dienone is 1. The van der Waals surface area contributed by atoms with E-state index in [4.69, 9.17) is 0 Å². The molecule has 58 valence electrons. The molecule has 0 spiro atoms. The first-order chi connectivity index (χ1) is 4.57. The maximum Gasteiger partial charge on any atom is 0.232 e. The lowest BCUT2D eigenvalue weighted by Gasteiger charge is -2.06. The molecular formula is C6H10INOS. The number of hydrogen-bond acceptors (Lipinski definition) is 2. The van der Waals surface area contributed by atoms with Crippen LogP contribution in [0.15, 0.2) is 10.2 Å². The molecule has 0 heterocycles. The predicted octanol–water partition coefficient (Wildman–Crippen LogP) is 1.37. The Morgan fingerprint density at radius 1 is 1.90 bits per heavy atom. The normalized spacial score (nSPS) is 12.3. The van der Waals surface area contributed by atoms with E-state index in [1.54, 1.807) is 7.05 Å². The summed E-state index contributed by atoms with van der Waals surface area (Å²) in [5, 5.41) is 2.26. The topological polar surface area (TPSA) is 29.1 Å². The number of amides is 1. The zero-order valence-corrected chi connectivity index (χ0v) is 8.78. The average Bonchev–Trinajstić information content (AvgIpc) is 1.85. The van der Waals surface area contributed by atoms with Crippen molar-refractivity contribution in [2.24, 2.45) is 0 Å². The van der Waals surface area contributed by atoms with E-state index in [9.17, 15) is 4.79 Å². The number of carbonyl (C=O) groups excluding carboxylic acids is 1.